The van der Waals surface area contributed by atoms with Gasteiger partial charge in [-0.1, -0.05) is 48.5 Å². The van der Waals surface area contributed by atoms with Crippen molar-refractivity contribution in [1.29, 1.82) is 0 Å². The number of thiol groups is 4. The minimum atomic E-state index is -1.79. The summed E-state index contributed by atoms with van der Waals surface area (Å²) in [7, 11) is -7.15. The molecule has 0 radical (unpaired) electrons. The lowest BCUT2D eigenvalue weighted by atomic mass is 9.63. The topological polar surface area (TPSA) is 162 Å². The second kappa shape index (κ2) is 12.8. The number of rotatable bonds is 8. The molecule has 0 bridgehead atoms. The molecule has 0 aliphatic carbocycles. The lowest BCUT2D eigenvalue weighted by Crippen LogP contribution is -2.38. The first-order valence-electron chi connectivity index (χ1n) is 12.1. The highest BCUT2D eigenvalue weighted by atomic mass is 32.1. The van der Waals surface area contributed by atoms with Gasteiger partial charge in [0.15, 0.2) is 0 Å². The van der Waals surface area contributed by atoms with Gasteiger partial charge in [0, 0.05) is 19.6 Å². The third-order valence-corrected chi connectivity index (χ3v) is 8.52. The molecule has 0 atom stereocenters. The minimum Gasteiger partial charge on any atom is -0.423 e. The Bertz CT molecular complexity index is 1350. The zero-order chi connectivity index (χ0) is 30.2. The van der Waals surface area contributed by atoms with E-state index in [1.807, 2.05) is 0 Å². The maximum atomic E-state index is 9.84. The van der Waals surface area contributed by atoms with Gasteiger partial charge in [0.1, 0.15) is 0 Å². The largest absolute Gasteiger partial charge is 0.489 e. The van der Waals surface area contributed by atoms with Crippen LogP contribution in [0.2, 0.25) is 0 Å². The highest BCUT2D eigenvalue weighted by molar-refractivity contribution is 7.81. The Hall–Kier alpha value is -1.78. The van der Waals surface area contributed by atoms with Gasteiger partial charge in [0.2, 0.25) is 0 Å². The van der Waals surface area contributed by atoms with Crippen molar-refractivity contribution in [3.8, 4) is 0 Å². The third kappa shape index (κ3) is 6.16. The molecule has 0 amide bonds. The molecule has 16 heteroatoms. The van der Waals surface area contributed by atoms with Crippen molar-refractivity contribution in [2.45, 2.75) is 25.0 Å². The quantitative estimate of drug-likeness (QED) is 0.0607. The molecule has 0 aliphatic rings. The maximum absolute atomic E-state index is 9.84. The first kappa shape index (κ1) is 32.1. The average molecular weight is 624 g/mol. The molecule has 0 saturated carbocycles. The summed E-state index contributed by atoms with van der Waals surface area (Å²) < 4.78 is 0. The van der Waals surface area contributed by atoms with Gasteiger partial charge in [-0.15, -0.1) is 50.5 Å². The van der Waals surface area contributed by atoms with Gasteiger partial charge in [0.05, 0.1) is 5.41 Å². The molecule has 0 aliphatic heterocycles. The highest BCUT2D eigenvalue weighted by Gasteiger charge is 2.41. The molecule has 8 nitrogen and oxygen atoms in total. The SMILES string of the molecule is OB(O)c1ccc(C(c2ccc(B(O)O)c(S)c2)(c2ccc(B(O)O)c(S)c2)c2ccc(B(O)O)c(S)c2)cc1S. The van der Waals surface area contributed by atoms with E-state index in [0.717, 1.165) is 0 Å². The minimum absolute atomic E-state index is 0.155. The Labute approximate surface area is 260 Å². The first-order valence-corrected chi connectivity index (χ1v) is 13.9. The monoisotopic (exact) mass is 624 g/mol. The zero-order valence-corrected chi connectivity index (χ0v) is 24.7. The van der Waals surface area contributed by atoms with Crippen LogP contribution in [0.25, 0.3) is 0 Å². The molecule has 4 rings (SSSR count). The second-order valence-electron chi connectivity index (χ2n) is 9.34. The van der Waals surface area contributed by atoms with E-state index in [9.17, 15) is 40.2 Å². The van der Waals surface area contributed by atoms with Crippen molar-refractivity contribution in [3.63, 3.8) is 0 Å². The van der Waals surface area contributed by atoms with Crippen LogP contribution in [0.15, 0.2) is 92.4 Å². The molecule has 0 saturated heterocycles. The Morgan fingerprint density at radius 2 is 0.561 bits per heavy atom. The van der Waals surface area contributed by atoms with Crippen LogP contribution in [0, 0.1) is 0 Å². The van der Waals surface area contributed by atoms with Crippen molar-refractivity contribution < 1.29 is 40.2 Å². The molecule has 0 fully saturated rings. The average Bonchev–Trinajstić information content (AvgIpc) is 2.88. The van der Waals surface area contributed by atoms with E-state index in [1.54, 1.807) is 48.5 Å². The summed E-state index contributed by atoms with van der Waals surface area (Å²) in [5.41, 5.74) is 1.57. The van der Waals surface area contributed by atoms with Crippen LogP contribution < -0.4 is 21.9 Å². The molecule has 0 heterocycles. The van der Waals surface area contributed by atoms with Gasteiger partial charge < -0.3 is 40.2 Å². The molecular weight excluding hydrogens is 600 g/mol. The Kier molecular flexibility index (Phi) is 10.1. The maximum Gasteiger partial charge on any atom is 0.489 e. The second-order valence-corrected chi connectivity index (χ2v) is 11.3. The van der Waals surface area contributed by atoms with Gasteiger partial charge in [-0.25, -0.2) is 0 Å². The lowest BCUT2D eigenvalue weighted by molar-refractivity contribution is 0.423. The van der Waals surface area contributed by atoms with Crippen molar-refractivity contribution >= 4 is 101 Å². The van der Waals surface area contributed by atoms with E-state index >= 15 is 0 Å². The Morgan fingerprint density at radius 1 is 0.366 bits per heavy atom. The van der Waals surface area contributed by atoms with E-state index in [2.05, 4.69) is 50.5 Å². The van der Waals surface area contributed by atoms with Gasteiger partial charge in [-0.2, -0.15) is 0 Å². The van der Waals surface area contributed by atoms with Crippen LogP contribution >= 0.6 is 50.5 Å². The number of benzene rings is 4. The van der Waals surface area contributed by atoms with Crippen molar-refractivity contribution in [3.05, 3.63) is 95.1 Å². The van der Waals surface area contributed by atoms with Crippen molar-refractivity contribution in [2.24, 2.45) is 0 Å². The van der Waals surface area contributed by atoms with Gasteiger partial charge >= 0.3 is 28.5 Å². The zero-order valence-electron chi connectivity index (χ0n) is 21.1. The Morgan fingerprint density at radius 3 is 0.707 bits per heavy atom. The lowest BCUT2D eigenvalue weighted by Gasteiger charge is -2.38. The number of hydrogen-bond acceptors (Lipinski definition) is 12. The summed E-state index contributed by atoms with van der Waals surface area (Å²) in [6, 6.07) is 19.3. The molecular formula is C25H24B4O8S4. The van der Waals surface area contributed by atoms with Gasteiger partial charge in [0.25, 0.3) is 0 Å². The van der Waals surface area contributed by atoms with Crippen LogP contribution in [-0.2, 0) is 5.41 Å². The standard InChI is InChI=1S/C25H24B4O8S4/c30-26(31)17-5-1-13(9-21(17)38)25(14-2-6-18(27(32)33)22(39)10-14,15-3-7-19(28(34)35)23(40)11-15)16-4-8-20(29(36)37)24(41)12-16/h1-12,30-41H. The molecule has 4 aromatic rings. The van der Waals surface area contributed by atoms with Gasteiger partial charge in [-0.05, 0) is 68.4 Å². The first-order chi connectivity index (χ1) is 19.3. The molecule has 4 aromatic carbocycles. The molecule has 8 N–H and O–H groups in total. The van der Waals surface area contributed by atoms with Crippen molar-refractivity contribution in [2.75, 3.05) is 0 Å². The van der Waals surface area contributed by atoms with E-state index in [0.29, 0.717) is 22.3 Å². The van der Waals surface area contributed by atoms with E-state index in [-0.39, 0.29) is 41.4 Å². The van der Waals surface area contributed by atoms with E-state index in [4.69, 9.17) is 0 Å². The summed E-state index contributed by atoms with van der Waals surface area (Å²) in [5.74, 6) is 0. The summed E-state index contributed by atoms with van der Waals surface area (Å²) in [6.45, 7) is 0. The highest BCUT2D eigenvalue weighted by Crippen LogP contribution is 2.46. The molecule has 0 unspecified atom stereocenters. The van der Waals surface area contributed by atoms with Crippen LogP contribution in [0.4, 0.5) is 0 Å². The molecule has 0 aromatic heterocycles. The number of hydrogen-bond donors (Lipinski definition) is 12. The smallest absolute Gasteiger partial charge is 0.423 e. The van der Waals surface area contributed by atoms with Crippen molar-refractivity contribution in [1.82, 2.24) is 0 Å². The van der Waals surface area contributed by atoms with E-state index < -0.39 is 33.9 Å². The van der Waals surface area contributed by atoms with Crippen LogP contribution in [0.5, 0.6) is 0 Å². The third-order valence-electron chi connectivity index (χ3n) is 6.97. The fourth-order valence-corrected chi connectivity index (χ4v) is 6.30. The fourth-order valence-electron chi connectivity index (χ4n) is 4.98. The summed E-state index contributed by atoms with van der Waals surface area (Å²) >= 11 is 18.0. The summed E-state index contributed by atoms with van der Waals surface area (Å²) in [6.07, 6.45) is 0. The van der Waals surface area contributed by atoms with Gasteiger partial charge in [-0.3, -0.25) is 0 Å². The normalized spacial score (nSPS) is 11.4. The van der Waals surface area contributed by atoms with Crippen LogP contribution in [-0.4, -0.2) is 68.7 Å². The van der Waals surface area contributed by atoms with Crippen LogP contribution in [0.3, 0.4) is 0 Å². The van der Waals surface area contributed by atoms with Crippen LogP contribution in [0.1, 0.15) is 22.3 Å². The molecule has 41 heavy (non-hydrogen) atoms. The predicted octanol–water partition coefficient (Wildman–Crippen LogP) is -2.06. The predicted molar refractivity (Wildman–Crippen MR) is 173 cm³/mol. The summed E-state index contributed by atoms with van der Waals surface area (Å²) in [4.78, 5) is 1.05. The summed E-state index contributed by atoms with van der Waals surface area (Å²) in [5, 5.41) is 78.7. The molecule has 0 spiro atoms. The van der Waals surface area contributed by atoms with E-state index in [1.165, 1.54) is 24.3 Å². The fraction of sp³-hybridized carbons (Fsp3) is 0.0400. The Balaban J connectivity index is 2.20. The molecule has 208 valence electrons.